The van der Waals surface area contributed by atoms with Gasteiger partial charge < -0.3 is 14.7 Å². The number of rotatable bonds is 6. The Morgan fingerprint density at radius 1 is 1.06 bits per heavy atom. The zero-order chi connectivity index (χ0) is 22.6. The molecule has 1 saturated carbocycles. The van der Waals surface area contributed by atoms with E-state index in [2.05, 4.69) is 53.1 Å². The molecule has 3 aromatic rings. The van der Waals surface area contributed by atoms with Gasteiger partial charge in [-0.25, -0.2) is 9.97 Å². The standard InChI is InChI=1S/C28H31N3O2/c1-33-26-7-3-2-6-23(26)22-14-16-31(17-15-22)28-24-19-21(5-4-18-32)10-12-25(24)29-27(30-28)13-11-20-8-9-20/h2-3,6-7,10,12,19-20,22,32H,4-5,8-9,14-18H2,1H3. The number of aromatic nitrogens is 2. The van der Waals surface area contributed by atoms with E-state index in [1.54, 1.807) is 7.11 Å². The average Bonchev–Trinajstić information content (AvgIpc) is 3.70. The van der Waals surface area contributed by atoms with Crippen molar-refractivity contribution in [3.05, 3.63) is 59.4 Å². The maximum absolute atomic E-state index is 9.24. The van der Waals surface area contributed by atoms with Gasteiger partial charge in [0.2, 0.25) is 5.82 Å². The van der Waals surface area contributed by atoms with Crippen LogP contribution in [0.2, 0.25) is 0 Å². The van der Waals surface area contributed by atoms with Crippen molar-refractivity contribution in [2.75, 3.05) is 31.7 Å². The lowest BCUT2D eigenvalue weighted by Gasteiger charge is -2.34. The van der Waals surface area contributed by atoms with Gasteiger partial charge in [-0.3, -0.25) is 0 Å². The summed E-state index contributed by atoms with van der Waals surface area (Å²) in [5, 5.41) is 10.3. The fourth-order valence-electron chi connectivity index (χ4n) is 4.70. The number of methoxy groups -OCH3 is 1. The zero-order valence-electron chi connectivity index (χ0n) is 19.3. The smallest absolute Gasteiger partial charge is 0.207 e. The van der Waals surface area contributed by atoms with Gasteiger partial charge in [0, 0.05) is 31.0 Å². The third kappa shape index (κ3) is 4.96. The van der Waals surface area contributed by atoms with Crippen molar-refractivity contribution in [1.82, 2.24) is 9.97 Å². The molecule has 0 spiro atoms. The number of aliphatic hydroxyl groups is 1. The lowest BCUT2D eigenvalue weighted by Crippen LogP contribution is -2.34. The Kier molecular flexibility index (Phi) is 6.46. The maximum atomic E-state index is 9.24. The molecule has 1 aliphatic heterocycles. The summed E-state index contributed by atoms with van der Waals surface area (Å²) in [4.78, 5) is 12.1. The number of aryl methyl sites for hydroxylation is 1. The summed E-state index contributed by atoms with van der Waals surface area (Å²) >= 11 is 0. The molecule has 2 fully saturated rings. The van der Waals surface area contributed by atoms with E-state index in [1.165, 1.54) is 24.0 Å². The van der Waals surface area contributed by atoms with Crippen molar-refractivity contribution in [1.29, 1.82) is 0 Å². The molecule has 1 saturated heterocycles. The molecule has 0 radical (unpaired) electrons. The van der Waals surface area contributed by atoms with E-state index >= 15 is 0 Å². The SMILES string of the molecule is COc1ccccc1C1CCN(c2nc(C#CC3CC3)nc3ccc(CCCO)cc23)CC1. The normalized spacial score (nSPS) is 16.5. The summed E-state index contributed by atoms with van der Waals surface area (Å²) in [6, 6.07) is 14.8. The number of hydrogen-bond donors (Lipinski definition) is 1. The molecule has 1 N–H and O–H groups in total. The molecule has 5 rings (SSSR count). The van der Waals surface area contributed by atoms with Crippen LogP contribution >= 0.6 is 0 Å². The molecular weight excluding hydrogens is 410 g/mol. The Labute approximate surface area is 195 Å². The van der Waals surface area contributed by atoms with Crippen LogP contribution in [0.5, 0.6) is 5.75 Å². The summed E-state index contributed by atoms with van der Waals surface area (Å²) in [5.41, 5.74) is 3.45. The Morgan fingerprint density at radius 2 is 1.88 bits per heavy atom. The van der Waals surface area contributed by atoms with Gasteiger partial charge in [-0.15, -0.1) is 0 Å². The van der Waals surface area contributed by atoms with Crippen molar-refractivity contribution in [2.24, 2.45) is 5.92 Å². The van der Waals surface area contributed by atoms with Crippen molar-refractivity contribution in [2.45, 2.75) is 44.4 Å². The quantitative estimate of drug-likeness (QED) is 0.562. The van der Waals surface area contributed by atoms with Crippen LogP contribution in [0.15, 0.2) is 42.5 Å². The van der Waals surface area contributed by atoms with Crippen LogP contribution in [0.4, 0.5) is 5.82 Å². The summed E-state index contributed by atoms with van der Waals surface area (Å²) in [5.74, 6) is 10.1. The molecule has 1 aliphatic carbocycles. The minimum absolute atomic E-state index is 0.202. The van der Waals surface area contributed by atoms with Gasteiger partial charge in [0.05, 0.1) is 12.6 Å². The number of aliphatic hydroxyl groups excluding tert-OH is 1. The van der Waals surface area contributed by atoms with Gasteiger partial charge >= 0.3 is 0 Å². The molecule has 0 amide bonds. The summed E-state index contributed by atoms with van der Waals surface area (Å²) in [6.45, 7) is 2.07. The Morgan fingerprint density at radius 3 is 2.64 bits per heavy atom. The molecule has 170 valence electrons. The first-order valence-corrected chi connectivity index (χ1v) is 12.1. The molecule has 2 aromatic carbocycles. The molecule has 5 nitrogen and oxygen atoms in total. The van der Waals surface area contributed by atoms with E-state index in [1.807, 2.05) is 6.07 Å². The highest BCUT2D eigenvalue weighted by molar-refractivity contribution is 5.90. The first kappa shape index (κ1) is 21.7. The van der Waals surface area contributed by atoms with Crippen LogP contribution in [0.1, 0.15) is 55.0 Å². The van der Waals surface area contributed by atoms with E-state index < -0.39 is 0 Å². The van der Waals surface area contributed by atoms with Gasteiger partial charge in [0.25, 0.3) is 0 Å². The lowest BCUT2D eigenvalue weighted by molar-refractivity contribution is 0.288. The number of fused-ring (bicyclic) bond motifs is 1. The predicted octanol–water partition coefficient (Wildman–Crippen LogP) is 4.71. The molecule has 1 aromatic heterocycles. The van der Waals surface area contributed by atoms with Gasteiger partial charge in [0.15, 0.2) is 0 Å². The predicted molar refractivity (Wildman–Crippen MR) is 132 cm³/mol. The van der Waals surface area contributed by atoms with E-state index in [0.717, 1.165) is 61.2 Å². The van der Waals surface area contributed by atoms with Gasteiger partial charge in [-0.2, -0.15) is 0 Å². The van der Waals surface area contributed by atoms with Gasteiger partial charge in [0.1, 0.15) is 11.6 Å². The first-order chi connectivity index (χ1) is 16.2. The molecule has 0 atom stereocenters. The number of hydrogen-bond acceptors (Lipinski definition) is 5. The number of piperidine rings is 1. The van der Waals surface area contributed by atoms with Crippen LogP contribution in [-0.4, -0.2) is 41.9 Å². The fourth-order valence-corrected chi connectivity index (χ4v) is 4.70. The molecule has 0 unspecified atom stereocenters. The third-order valence-corrected chi connectivity index (χ3v) is 6.70. The van der Waals surface area contributed by atoms with Crippen LogP contribution in [-0.2, 0) is 6.42 Å². The van der Waals surface area contributed by atoms with E-state index in [4.69, 9.17) is 14.7 Å². The molecule has 5 heteroatoms. The maximum Gasteiger partial charge on any atom is 0.207 e. The van der Waals surface area contributed by atoms with E-state index in [0.29, 0.717) is 17.7 Å². The second-order valence-corrected chi connectivity index (χ2v) is 9.10. The van der Waals surface area contributed by atoms with Crippen molar-refractivity contribution < 1.29 is 9.84 Å². The third-order valence-electron chi connectivity index (χ3n) is 6.70. The fraction of sp³-hybridized carbons (Fsp3) is 0.429. The minimum Gasteiger partial charge on any atom is -0.496 e. The minimum atomic E-state index is 0.202. The van der Waals surface area contributed by atoms with Crippen molar-refractivity contribution in [3.8, 4) is 17.6 Å². The average molecular weight is 442 g/mol. The van der Waals surface area contributed by atoms with Crippen LogP contribution < -0.4 is 9.64 Å². The number of nitrogens with zero attached hydrogens (tertiary/aromatic N) is 3. The van der Waals surface area contributed by atoms with Crippen LogP contribution in [0, 0.1) is 17.8 Å². The number of anilines is 1. The zero-order valence-corrected chi connectivity index (χ0v) is 19.3. The number of benzene rings is 2. The Balaban J connectivity index is 1.44. The van der Waals surface area contributed by atoms with Gasteiger partial charge in [-0.05, 0) is 79.7 Å². The summed E-state index contributed by atoms with van der Waals surface area (Å²) in [6.07, 6.45) is 6.11. The second kappa shape index (κ2) is 9.80. The number of ether oxygens (including phenoxy) is 1. The Hall–Kier alpha value is -3.10. The molecule has 2 aliphatic rings. The highest BCUT2D eigenvalue weighted by atomic mass is 16.5. The molecule has 2 heterocycles. The van der Waals surface area contributed by atoms with E-state index in [9.17, 15) is 5.11 Å². The van der Waals surface area contributed by atoms with Gasteiger partial charge in [-0.1, -0.05) is 30.2 Å². The number of para-hydroxylation sites is 1. The van der Waals surface area contributed by atoms with Crippen LogP contribution in [0.3, 0.4) is 0 Å². The molecule has 0 bridgehead atoms. The van der Waals surface area contributed by atoms with Crippen molar-refractivity contribution in [3.63, 3.8) is 0 Å². The largest absolute Gasteiger partial charge is 0.496 e. The van der Waals surface area contributed by atoms with Crippen LogP contribution in [0.25, 0.3) is 10.9 Å². The monoisotopic (exact) mass is 441 g/mol. The topological polar surface area (TPSA) is 58.5 Å². The summed E-state index contributed by atoms with van der Waals surface area (Å²) in [7, 11) is 1.75. The highest BCUT2D eigenvalue weighted by Gasteiger charge is 2.25. The summed E-state index contributed by atoms with van der Waals surface area (Å²) < 4.78 is 5.61. The highest BCUT2D eigenvalue weighted by Crippen LogP contribution is 2.36. The van der Waals surface area contributed by atoms with E-state index in [-0.39, 0.29) is 6.61 Å². The lowest BCUT2D eigenvalue weighted by atomic mass is 9.88. The first-order valence-electron chi connectivity index (χ1n) is 12.1. The Bertz CT molecular complexity index is 1180. The second-order valence-electron chi connectivity index (χ2n) is 9.10. The van der Waals surface area contributed by atoms with Crippen molar-refractivity contribution >= 4 is 16.7 Å². The molecule has 33 heavy (non-hydrogen) atoms. The molecular formula is C28H31N3O2.